The van der Waals surface area contributed by atoms with Crippen molar-refractivity contribution in [2.75, 3.05) is 10.1 Å². The predicted molar refractivity (Wildman–Crippen MR) is 125 cm³/mol. The molecule has 0 atom stereocenters. The van der Waals surface area contributed by atoms with E-state index in [0.717, 1.165) is 21.5 Å². The maximum absolute atomic E-state index is 12.7. The van der Waals surface area contributed by atoms with Gasteiger partial charge in [0.15, 0.2) is 0 Å². The molecule has 0 spiro atoms. The summed E-state index contributed by atoms with van der Waals surface area (Å²) >= 11 is 1.43. The summed E-state index contributed by atoms with van der Waals surface area (Å²) in [6, 6.07) is 14.3. The van der Waals surface area contributed by atoms with E-state index in [-0.39, 0.29) is 10.5 Å². The Hall–Kier alpha value is -3.50. The van der Waals surface area contributed by atoms with Crippen LogP contribution in [0.4, 0.5) is 5.69 Å². The van der Waals surface area contributed by atoms with Crippen molar-refractivity contribution in [1.29, 1.82) is 0 Å². The van der Waals surface area contributed by atoms with Crippen molar-refractivity contribution < 1.29 is 13.2 Å². The van der Waals surface area contributed by atoms with Gasteiger partial charge in [-0.25, -0.2) is 18.1 Å². The lowest BCUT2D eigenvalue weighted by Gasteiger charge is -2.11. The average molecular weight is 469 g/mol. The van der Waals surface area contributed by atoms with Crippen molar-refractivity contribution >= 4 is 43.2 Å². The molecule has 4 aromatic rings. The average Bonchev–Trinajstić information content (AvgIpc) is 3.21. The Balaban J connectivity index is 1.58. The van der Waals surface area contributed by atoms with Gasteiger partial charge in [0.2, 0.25) is 0 Å². The Morgan fingerprint density at radius 1 is 1.12 bits per heavy atom. The van der Waals surface area contributed by atoms with Crippen LogP contribution in [0.2, 0.25) is 0 Å². The highest BCUT2D eigenvalue weighted by atomic mass is 32.2. The van der Waals surface area contributed by atoms with Crippen LogP contribution in [0.5, 0.6) is 0 Å². The minimum Gasteiger partial charge on any atom is -0.280 e. The topological polar surface area (TPSA) is 110 Å². The number of hydrogen-bond donors (Lipinski definition) is 2. The van der Waals surface area contributed by atoms with E-state index in [1.807, 2.05) is 13.8 Å². The van der Waals surface area contributed by atoms with Crippen LogP contribution in [-0.4, -0.2) is 24.0 Å². The van der Waals surface area contributed by atoms with Crippen LogP contribution < -0.4 is 15.7 Å². The van der Waals surface area contributed by atoms with Crippen LogP contribution in [0.15, 0.2) is 70.6 Å². The number of amides is 1. The number of hydrogen-bond acceptors (Lipinski definition) is 6. The summed E-state index contributed by atoms with van der Waals surface area (Å²) in [6.07, 6.45) is 2.03. The molecule has 32 heavy (non-hydrogen) atoms. The summed E-state index contributed by atoms with van der Waals surface area (Å²) in [7, 11) is -3.90. The first-order valence-electron chi connectivity index (χ1n) is 9.78. The molecule has 0 aliphatic carbocycles. The Morgan fingerprint density at radius 2 is 1.88 bits per heavy atom. The summed E-state index contributed by atoms with van der Waals surface area (Å²) in [6.45, 7) is 3.89. The molecule has 164 valence electrons. The van der Waals surface area contributed by atoms with Crippen LogP contribution in [0, 0.1) is 6.92 Å². The Morgan fingerprint density at radius 3 is 2.59 bits per heavy atom. The van der Waals surface area contributed by atoms with Gasteiger partial charge < -0.3 is 0 Å². The fourth-order valence-electron chi connectivity index (χ4n) is 3.04. The van der Waals surface area contributed by atoms with Crippen molar-refractivity contribution in [3.63, 3.8) is 0 Å². The number of thiophene rings is 1. The van der Waals surface area contributed by atoms with E-state index in [0.29, 0.717) is 15.9 Å². The maximum Gasteiger partial charge on any atom is 0.280 e. The number of carbonyl (C=O) groups excluding carboxylic acids is 1. The van der Waals surface area contributed by atoms with Gasteiger partial charge in [-0.1, -0.05) is 30.7 Å². The van der Waals surface area contributed by atoms with Crippen LogP contribution in [0.1, 0.15) is 27.7 Å². The molecule has 0 aliphatic heterocycles. The number of nitrogens with one attached hydrogen (secondary N) is 2. The predicted octanol–water partition coefficient (Wildman–Crippen LogP) is 3.51. The molecule has 0 radical (unpaired) electrons. The van der Waals surface area contributed by atoms with Gasteiger partial charge in [0, 0.05) is 16.1 Å². The quantitative estimate of drug-likeness (QED) is 0.450. The van der Waals surface area contributed by atoms with Gasteiger partial charge in [-0.3, -0.25) is 19.7 Å². The summed E-state index contributed by atoms with van der Waals surface area (Å²) in [5, 5.41) is 0.424. The lowest BCUT2D eigenvalue weighted by Crippen LogP contribution is -2.33. The highest BCUT2D eigenvalue weighted by Crippen LogP contribution is 2.21. The summed E-state index contributed by atoms with van der Waals surface area (Å²) in [5.74, 6) is -0.633. The highest BCUT2D eigenvalue weighted by Gasteiger charge is 2.17. The number of aromatic nitrogens is 2. The zero-order valence-electron chi connectivity index (χ0n) is 17.3. The van der Waals surface area contributed by atoms with E-state index >= 15 is 0 Å². The van der Waals surface area contributed by atoms with Crippen LogP contribution in [-0.2, 0) is 16.4 Å². The second-order valence-corrected chi connectivity index (χ2v) is 9.94. The Kier molecular flexibility index (Phi) is 5.81. The van der Waals surface area contributed by atoms with Gasteiger partial charge in [-0.15, -0.1) is 11.3 Å². The molecule has 0 aliphatic rings. The van der Waals surface area contributed by atoms with Crippen molar-refractivity contribution in [2.45, 2.75) is 25.2 Å². The third kappa shape index (κ3) is 4.41. The molecule has 0 fully saturated rings. The molecule has 4 rings (SSSR count). The molecule has 0 bridgehead atoms. The fourth-order valence-corrected chi connectivity index (χ4v) is 5.07. The largest absolute Gasteiger partial charge is 0.280 e. The SMILES string of the molecule is CCc1cc2c(=O)n(NC(=O)c3cccc(S(=O)(=O)Nc4ccc(C)cc4)c3)cnc2s1. The van der Waals surface area contributed by atoms with E-state index in [9.17, 15) is 18.0 Å². The van der Waals surface area contributed by atoms with Crippen molar-refractivity contribution in [3.8, 4) is 0 Å². The number of carbonyl (C=O) groups is 1. The van der Waals surface area contributed by atoms with Crippen molar-refractivity contribution in [3.05, 3.63) is 87.3 Å². The maximum atomic E-state index is 12.7. The summed E-state index contributed by atoms with van der Waals surface area (Å²) in [5.41, 5.74) is 3.58. The fraction of sp³-hybridized carbons (Fsp3) is 0.136. The molecule has 0 unspecified atom stereocenters. The van der Waals surface area contributed by atoms with Crippen molar-refractivity contribution in [2.24, 2.45) is 0 Å². The summed E-state index contributed by atoms with van der Waals surface area (Å²) < 4.78 is 29.0. The number of fused-ring (bicyclic) bond motifs is 1. The monoisotopic (exact) mass is 468 g/mol. The van der Waals surface area contributed by atoms with E-state index in [4.69, 9.17) is 0 Å². The van der Waals surface area contributed by atoms with Gasteiger partial charge >= 0.3 is 0 Å². The second-order valence-electron chi connectivity index (χ2n) is 7.15. The van der Waals surface area contributed by atoms with E-state index in [2.05, 4.69) is 15.1 Å². The Labute approximate surface area is 188 Å². The molecule has 2 aromatic heterocycles. The first-order chi connectivity index (χ1) is 15.3. The van der Waals surface area contributed by atoms with Crippen LogP contribution in [0.3, 0.4) is 0 Å². The van der Waals surface area contributed by atoms with E-state index in [1.54, 1.807) is 30.3 Å². The van der Waals surface area contributed by atoms with Crippen LogP contribution in [0.25, 0.3) is 10.2 Å². The lowest BCUT2D eigenvalue weighted by atomic mass is 10.2. The molecule has 0 saturated heterocycles. The molecular weight excluding hydrogens is 448 g/mol. The van der Waals surface area contributed by atoms with Gasteiger partial charge in [-0.2, -0.15) is 0 Å². The number of rotatable bonds is 6. The zero-order valence-corrected chi connectivity index (χ0v) is 19.0. The van der Waals surface area contributed by atoms with Gasteiger partial charge in [0.25, 0.3) is 21.5 Å². The molecule has 0 saturated carbocycles. The number of benzene rings is 2. The highest BCUT2D eigenvalue weighted by molar-refractivity contribution is 7.92. The molecular formula is C22H20N4O4S2. The third-order valence-corrected chi connectivity index (χ3v) is 7.35. The molecule has 8 nitrogen and oxygen atoms in total. The number of nitrogens with zero attached hydrogens (tertiary/aromatic N) is 2. The molecule has 1 amide bonds. The first kappa shape index (κ1) is 21.7. The minimum absolute atomic E-state index is 0.0722. The molecule has 2 heterocycles. The zero-order chi connectivity index (χ0) is 22.9. The van der Waals surface area contributed by atoms with Gasteiger partial charge in [0.05, 0.1) is 10.3 Å². The number of sulfonamides is 1. The second kappa shape index (κ2) is 8.56. The minimum atomic E-state index is -3.90. The smallest absolute Gasteiger partial charge is 0.280 e. The Bertz CT molecular complexity index is 1470. The molecule has 2 aromatic carbocycles. The van der Waals surface area contributed by atoms with Gasteiger partial charge in [-0.05, 0) is 49.7 Å². The number of anilines is 1. The van der Waals surface area contributed by atoms with Crippen LogP contribution >= 0.6 is 11.3 Å². The molecule has 2 N–H and O–H groups in total. The van der Waals surface area contributed by atoms with Gasteiger partial charge in [0.1, 0.15) is 11.2 Å². The molecule has 10 heteroatoms. The first-order valence-corrected chi connectivity index (χ1v) is 12.1. The normalized spacial score (nSPS) is 11.4. The standard InChI is InChI=1S/C22H20N4O4S2/c1-3-17-12-19-21(31-17)23-13-26(22(19)28)24-20(27)15-5-4-6-18(11-15)32(29,30)25-16-9-7-14(2)8-10-16/h4-13,25H,3H2,1-2H3,(H,24,27). The van der Waals surface area contributed by atoms with Crippen molar-refractivity contribution in [1.82, 2.24) is 9.66 Å². The van der Waals surface area contributed by atoms with E-state index in [1.165, 1.54) is 41.9 Å². The van der Waals surface area contributed by atoms with E-state index < -0.39 is 21.5 Å². The number of aryl methyl sites for hydroxylation is 2. The summed E-state index contributed by atoms with van der Waals surface area (Å²) in [4.78, 5) is 31.2. The third-order valence-electron chi connectivity index (χ3n) is 4.78. The lowest BCUT2D eigenvalue weighted by molar-refractivity contribution is 0.101.